The summed E-state index contributed by atoms with van der Waals surface area (Å²) in [5.41, 5.74) is -2.44. The lowest BCUT2D eigenvalue weighted by Gasteiger charge is -2.23. The van der Waals surface area contributed by atoms with Crippen molar-refractivity contribution in [3.05, 3.63) is 0 Å². The quantitative estimate of drug-likeness (QED) is 0.562. The first kappa shape index (κ1) is 20.4. The average Bonchev–Trinajstić information content (AvgIpc) is 2.33. The van der Waals surface area contributed by atoms with Crippen molar-refractivity contribution in [2.24, 2.45) is 17.8 Å². The number of carboxylic acid groups (broad SMARTS) is 1. The summed E-state index contributed by atoms with van der Waals surface area (Å²) in [7, 11) is 0. The second-order valence-electron chi connectivity index (χ2n) is 5.69. The smallest absolute Gasteiger partial charge is 0.307 e. The normalized spacial score (nSPS) is 16.4. The molecule has 0 aliphatic heterocycles. The van der Waals surface area contributed by atoms with Gasteiger partial charge >= 0.3 is 5.97 Å². The number of aliphatic carboxylic acids is 1. The first-order valence-electron chi connectivity index (χ1n) is 6.92. The fourth-order valence-electron chi connectivity index (χ4n) is 1.03. The van der Waals surface area contributed by atoms with Crippen LogP contribution in [0.15, 0.2) is 0 Å². The van der Waals surface area contributed by atoms with Crippen LogP contribution in [0.2, 0.25) is 0 Å². The topological polar surface area (TPSA) is 55.8 Å². The van der Waals surface area contributed by atoms with E-state index < -0.39 is 17.6 Å². The monoisotopic (exact) mass is 342 g/mol. The highest BCUT2D eigenvalue weighted by molar-refractivity contribution is 8.67. The Morgan fingerprint density at radius 2 is 1.80 bits per heavy atom. The lowest BCUT2D eigenvalue weighted by molar-refractivity contribution is -0.140. The van der Waals surface area contributed by atoms with Crippen molar-refractivity contribution in [1.82, 2.24) is 0 Å². The van der Waals surface area contributed by atoms with E-state index in [4.69, 9.17) is 26.0 Å². The van der Waals surface area contributed by atoms with Gasteiger partial charge in [-0.25, -0.2) is 0 Å². The number of hydrogen-bond acceptors (Lipinski definition) is 5. The SMILES string of the molecule is CC(C)CCOP(=S)(OCC(C)C)SCC(C)C(=O)O. The molecule has 120 valence electrons. The summed E-state index contributed by atoms with van der Waals surface area (Å²) in [5.74, 6) is 0.0885. The maximum atomic E-state index is 10.9. The first-order chi connectivity index (χ1) is 9.16. The van der Waals surface area contributed by atoms with Gasteiger partial charge in [0, 0.05) is 5.75 Å². The fraction of sp³-hybridized carbons (Fsp3) is 0.923. The Hall–Kier alpha value is 0.390. The summed E-state index contributed by atoms with van der Waals surface area (Å²) in [5, 5.41) is 8.93. The van der Waals surface area contributed by atoms with Crippen LogP contribution in [-0.2, 0) is 25.6 Å². The zero-order valence-corrected chi connectivity index (χ0v) is 15.5. The third-order valence-corrected chi connectivity index (χ3v) is 7.95. The van der Waals surface area contributed by atoms with Gasteiger partial charge in [0.1, 0.15) is 0 Å². The number of rotatable bonds is 11. The molecule has 0 fully saturated rings. The highest BCUT2D eigenvalue weighted by Gasteiger charge is 2.24. The highest BCUT2D eigenvalue weighted by Crippen LogP contribution is 2.61. The second-order valence-corrected chi connectivity index (χ2v) is 12.0. The van der Waals surface area contributed by atoms with Crippen molar-refractivity contribution in [2.45, 2.75) is 41.0 Å². The fourth-order valence-corrected chi connectivity index (χ4v) is 5.63. The van der Waals surface area contributed by atoms with Gasteiger partial charge in [0.15, 0.2) is 0 Å². The molecular formula is C13H27O4PS2. The van der Waals surface area contributed by atoms with Gasteiger partial charge in [-0.05, 0) is 30.1 Å². The summed E-state index contributed by atoms with van der Waals surface area (Å²) >= 11 is 6.87. The number of hydrogen-bond donors (Lipinski definition) is 1. The summed E-state index contributed by atoms with van der Waals surface area (Å²) in [4.78, 5) is 10.9. The Bertz CT molecular complexity index is 334. The maximum Gasteiger partial charge on any atom is 0.307 e. The molecule has 4 nitrogen and oxygen atoms in total. The molecule has 0 bridgehead atoms. The number of carboxylic acids is 1. The molecule has 0 saturated carbocycles. The van der Waals surface area contributed by atoms with Crippen LogP contribution in [0, 0.1) is 17.8 Å². The van der Waals surface area contributed by atoms with Crippen molar-refractivity contribution < 1.29 is 18.9 Å². The van der Waals surface area contributed by atoms with Crippen LogP contribution in [0.4, 0.5) is 0 Å². The molecule has 0 amide bonds. The molecule has 7 heteroatoms. The van der Waals surface area contributed by atoms with Crippen LogP contribution < -0.4 is 0 Å². The summed E-state index contributed by atoms with van der Waals surface area (Å²) < 4.78 is 11.6. The third kappa shape index (κ3) is 10.2. The Labute approximate surface area is 131 Å². The molecule has 0 aliphatic rings. The van der Waals surface area contributed by atoms with E-state index in [9.17, 15) is 4.79 Å². The predicted molar refractivity (Wildman–Crippen MR) is 89.7 cm³/mol. The van der Waals surface area contributed by atoms with Gasteiger partial charge in [-0.1, -0.05) is 46.0 Å². The summed E-state index contributed by atoms with van der Waals surface area (Å²) in [6.07, 6.45) is 0.929. The lowest BCUT2D eigenvalue weighted by atomic mass is 10.2. The molecule has 0 spiro atoms. The molecule has 0 rings (SSSR count). The van der Waals surface area contributed by atoms with Crippen LogP contribution in [0.1, 0.15) is 41.0 Å². The van der Waals surface area contributed by atoms with E-state index in [1.165, 1.54) is 11.4 Å². The minimum Gasteiger partial charge on any atom is -0.481 e. The molecule has 0 aliphatic carbocycles. The van der Waals surface area contributed by atoms with E-state index in [0.717, 1.165) is 6.42 Å². The van der Waals surface area contributed by atoms with Gasteiger partial charge in [-0.15, -0.1) is 0 Å². The molecule has 0 aromatic rings. The zero-order chi connectivity index (χ0) is 15.8. The standard InChI is InChI=1S/C13H27O4PS2/c1-10(2)6-7-16-18(19,17-8-11(3)4)20-9-12(5)13(14)15/h10-12H,6-9H2,1-5H3,(H,14,15). The van der Waals surface area contributed by atoms with Crippen molar-refractivity contribution >= 4 is 34.9 Å². The van der Waals surface area contributed by atoms with Gasteiger partial charge in [-0.3, -0.25) is 4.79 Å². The third-order valence-electron chi connectivity index (χ3n) is 2.41. The van der Waals surface area contributed by atoms with Crippen molar-refractivity contribution in [3.8, 4) is 0 Å². The van der Waals surface area contributed by atoms with E-state index in [2.05, 4.69) is 27.7 Å². The molecule has 1 N–H and O–H groups in total. The highest BCUT2D eigenvalue weighted by atomic mass is 32.9. The molecule has 2 atom stereocenters. The van der Waals surface area contributed by atoms with E-state index in [0.29, 0.717) is 30.8 Å². The minimum atomic E-state index is -2.44. The van der Waals surface area contributed by atoms with Crippen LogP contribution in [0.25, 0.3) is 0 Å². The molecule has 0 heterocycles. The summed E-state index contributed by atoms with van der Waals surface area (Å²) in [6, 6.07) is 0. The molecule has 0 saturated heterocycles. The van der Waals surface area contributed by atoms with E-state index in [1.807, 2.05) is 0 Å². The van der Waals surface area contributed by atoms with Crippen LogP contribution in [0.5, 0.6) is 0 Å². The maximum absolute atomic E-state index is 10.9. The van der Waals surface area contributed by atoms with Crippen molar-refractivity contribution in [2.75, 3.05) is 19.0 Å². The second kappa shape index (κ2) is 10.2. The molecule has 20 heavy (non-hydrogen) atoms. The molecule has 0 aromatic carbocycles. The van der Waals surface area contributed by atoms with Crippen LogP contribution in [-0.4, -0.2) is 30.0 Å². The van der Waals surface area contributed by atoms with E-state index in [1.54, 1.807) is 6.92 Å². The molecule has 2 unspecified atom stereocenters. The Kier molecular flexibility index (Phi) is 10.4. The van der Waals surface area contributed by atoms with Crippen molar-refractivity contribution in [3.63, 3.8) is 0 Å². The van der Waals surface area contributed by atoms with Crippen molar-refractivity contribution in [1.29, 1.82) is 0 Å². The Morgan fingerprint density at radius 3 is 2.25 bits per heavy atom. The van der Waals surface area contributed by atoms with Crippen LogP contribution in [0.3, 0.4) is 0 Å². The molecular weight excluding hydrogens is 315 g/mol. The first-order valence-corrected chi connectivity index (χ1v) is 11.2. The number of carbonyl (C=O) groups is 1. The predicted octanol–water partition coefficient (Wildman–Crippen LogP) is 4.40. The van der Waals surface area contributed by atoms with E-state index in [-0.39, 0.29) is 0 Å². The molecule has 0 aromatic heterocycles. The van der Waals surface area contributed by atoms with E-state index >= 15 is 0 Å². The molecule has 0 radical (unpaired) electrons. The zero-order valence-electron chi connectivity index (χ0n) is 13.0. The van der Waals surface area contributed by atoms with Gasteiger partial charge in [0.25, 0.3) is 0 Å². The lowest BCUT2D eigenvalue weighted by Crippen LogP contribution is -2.12. The van der Waals surface area contributed by atoms with Crippen LogP contribution >= 0.6 is 17.1 Å². The Morgan fingerprint density at radius 1 is 1.20 bits per heavy atom. The van der Waals surface area contributed by atoms with Gasteiger partial charge < -0.3 is 14.2 Å². The average molecular weight is 342 g/mol. The Balaban J connectivity index is 4.44. The van der Waals surface area contributed by atoms with Gasteiger partial charge in [-0.2, -0.15) is 0 Å². The minimum absolute atomic E-state index is 0.378. The van der Waals surface area contributed by atoms with Gasteiger partial charge in [0.2, 0.25) is 5.69 Å². The largest absolute Gasteiger partial charge is 0.481 e. The summed E-state index contributed by atoms with van der Waals surface area (Å²) in [6.45, 7) is 11.2. The van der Waals surface area contributed by atoms with Gasteiger partial charge in [0.05, 0.1) is 19.1 Å².